The average Bonchev–Trinajstić information content (AvgIpc) is 3.20. The second kappa shape index (κ2) is 7.78. The van der Waals surface area contributed by atoms with Crippen molar-refractivity contribution in [2.45, 2.75) is 31.8 Å². The lowest BCUT2D eigenvalue weighted by atomic mass is 10.0. The first-order valence-electron chi connectivity index (χ1n) is 8.26. The third kappa shape index (κ3) is 3.78. The van der Waals surface area contributed by atoms with E-state index in [0.717, 1.165) is 24.1 Å². The van der Waals surface area contributed by atoms with Crippen molar-refractivity contribution in [3.8, 4) is 5.69 Å². The molecule has 132 valence electrons. The molecule has 1 fully saturated rings. The Labute approximate surface area is 145 Å². The highest BCUT2D eigenvalue weighted by molar-refractivity contribution is 5.85. The number of rotatable bonds is 4. The fraction of sp³-hybridized carbons (Fsp3) is 0.412. The minimum Gasteiger partial charge on any atom is -0.453 e. The average molecular weight is 343 g/mol. The van der Waals surface area contributed by atoms with Gasteiger partial charge in [-0.25, -0.2) is 14.5 Å². The second-order valence-corrected chi connectivity index (χ2v) is 5.86. The zero-order chi connectivity index (χ0) is 17.6. The van der Waals surface area contributed by atoms with E-state index < -0.39 is 12.1 Å². The number of amides is 2. The molecule has 1 aliphatic rings. The van der Waals surface area contributed by atoms with Gasteiger partial charge in [0.1, 0.15) is 18.7 Å². The van der Waals surface area contributed by atoms with Gasteiger partial charge in [0.05, 0.1) is 12.8 Å². The fourth-order valence-corrected chi connectivity index (χ4v) is 3.06. The van der Waals surface area contributed by atoms with Gasteiger partial charge in [-0.1, -0.05) is 18.2 Å². The molecule has 1 atom stereocenters. The first-order chi connectivity index (χ1) is 12.2. The summed E-state index contributed by atoms with van der Waals surface area (Å²) in [7, 11) is 1.33. The van der Waals surface area contributed by atoms with E-state index in [1.165, 1.54) is 18.3 Å². The molecule has 1 aromatic heterocycles. The number of aromatic nitrogens is 3. The predicted molar refractivity (Wildman–Crippen MR) is 90.0 cm³/mol. The van der Waals surface area contributed by atoms with Crippen LogP contribution in [-0.2, 0) is 16.1 Å². The van der Waals surface area contributed by atoms with Crippen LogP contribution in [0.1, 0.15) is 24.8 Å². The maximum Gasteiger partial charge on any atom is 0.410 e. The largest absolute Gasteiger partial charge is 0.453 e. The van der Waals surface area contributed by atoms with Gasteiger partial charge in [0.15, 0.2) is 0 Å². The van der Waals surface area contributed by atoms with Gasteiger partial charge in [0.25, 0.3) is 0 Å². The van der Waals surface area contributed by atoms with Crippen LogP contribution >= 0.6 is 0 Å². The minimum absolute atomic E-state index is 0.168. The number of nitrogens with zero attached hydrogens (tertiary/aromatic N) is 4. The Morgan fingerprint density at radius 3 is 2.92 bits per heavy atom. The minimum atomic E-state index is -0.486. The van der Waals surface area contributed by atoms with Gasteiger partial charge >= 0.3 is 6.09 Å². The van der Waals surface area contributed by atoms with Crippen LogP contribution in [0.4, 0.5) is 4.79 Å². The lowest BCUT2D eigenvalue weighted by molar-refractivity contribution is -0.127. The summed E-state index contributed by atoms with van der Waals surface area (Å²) >= 11 is 0. The van der Waals surface area contributed by atoms with Gasteiger partial charge in [0.2, 0.25) is 5.91 Å². The van der Waals surface area contributed by atoms with Crippen LogP contribution < -0.4 is 5.32 Å². The molecule has 0 saturated carbocycles. The summed E-state index contributed by atoms with van der Waals surface area (Å²) in [4.78, 5) is 29.9. The van der Waals surface area contributed by atoms with Crippen molar-refractivity contribution < 1.29 is 14.3 Å². The Hall–Kier alpha value is -2.90. The number of piperidine rings is 1. The molecule has 1 aromatic carbocycles. The quantitative estimate of drug-likeness (QED) is 0.909. The number of methoxy groups -OCH3 is 1. The van der Waals surface area contributed by atoms with E-state index >= 15 is 0 Å². The van der Waals surface area contributed by atoms with Crippen LogP contribution in [0.15, 0.2) is 36.9 Å². The van der Waals surface area contributed by atoms with Crippen LogP contribution in [0.3, 0.4) is 0 Å². The molecule has 0 spiro atoms. The van der Waals surface area contributed by atoms with Crippen LogP contribution in [0.25, 0.3) is 5.69 Å². The number of carbonyl (C=O) groups excluding carboxylic acids is 2. The van der Waals surface area contributed by atoms with E-state index in [4.69, 9.17) is 4.74 Å². The number of ether oxygens (including phenoxy) is 1. The van der Waals surface area contributed by atoms with Crippen LogP contribution in [0, 0.1) is 0 Å². The van der Waals surface area contributed by atoms with Gasteiger partial charge in [-0.15, -0.1) is 0 Å². The Morgan fingerprint density at radius 1 is 1.32 bits per heavy atom. The van der Waals surface area contributed by atoms with E-state index in [9.17, 15) is 9.59 Å². The number of hydrogen-bond acceptors (Lipinski definition) is 5. The maximum absolute atomic E-state index is 12.6. The van der Waals surface area contributed by atoms with E-state index in [0.29, 0.717) is 19.5 Å². The molecule has 8 nitrogen and oxygen atoms in total. The predicted octanol–water partition coefficient (Wildman–Crippen LogP) is 1.50. The molecule has 2 amide bonds. The van der Waals surface area contributed by atoms with Crippen molar-refractivity contribution in [3.05, 3.63) is 42.5 Å². The number of likely N-dealkylation sites (tertiary alicyclic amines) is 1. The Bertz CT molecular complexity index is 732. The number of benzene rings is 1. The molecule has 1 aliphatic heterocycles. The molecule has 0 aliphatic carbocycles. The Kier molecular flexibility index (Phi) is 5.27. The van der Waals surface area contributed by atoms with E-state index in [1.807, 2.05) is 24.3 Å². The van der Waals surface area contributed by atoms with Crippen molar-refractivity contribution in [2.75, 3.05) is 13.7 Å². The summed E-state index contributed by atoms with van der Waals surface area (Å²) < 4.78 is 6.45. The normalized spacial score (nSPS) is 17.2. The SMILES string of the molecule is COC(=O)N1CCCCC1C(=O)NCc1ccccc1-n1cncn1. The van der Waals surface area contributed by atoms with Crippen molar-refractivity contribution >= 4 is 12.0 Å². The zero-order valence-electron chi connectivity index (χ0n) is 14.1. The summed E-state index contributed by atoms with van der Waals surface area (Å²) in [6, 6.07) is 7.17. The van der Waals surface area contributed by atoms with E-state index in [2.05, 4.69) is 15.4 Å². The highest BCUT2D eigenvalue weighted by Crippen LogP contribution is 2.19. The first-order valence-corrected chi connectivity index (χ1v) is 8.26. The molecule has 3 rings (SSSR count). The molecule has 1 N–H and O–H groups in total. The summed E-state index contributed by atoms with van der Waals surface area (Å²) in [5.41, 5.74) is 1.77. The van der Waals surface area contributed by atoms with Gasteiger partial charge in [0, 0.05) is 13.1 Å². The Morgan fingerprint density at radius 2 is 2.16 bits per heavy atom. The van der Waals surface area contributed by atoms with Crippen molar-refractivity contribution in [1.29, 1.82) is 0 Å². The van der Waals surface area contributed by atoms with Gasteiger partial charge in [-0.05, 0) is 30.9 Å². The van der Waals surface area contributed by atoms with Gasteiger partial charge in [-0.3, -0.25) is 9.69 Å². The molecule has 0 radical (unpaired) electrons. The van der Waals surface area contributed by atoms with Gasteiger partial charge < -0.3 is 10.1 Å². The smallest absolute Gasteiger partial charge is 0.410 e. The summed E-state index contributed by atoms with van der Waals surface area (Å²) in [6.07, 6.45) is 5.07. The van der Waals surface area contributed by atoms with E-state index in [1.54, 1.807) is 11.0 Å². The van der Waals surface area contributed by atoms with E-state index in [-0.39, 0.29) is 5.91 Å². The molecular formula is C17H21N5O3. The first kappa shape index (κ1) is 16.9. The van der Waals surface area contributed by atoms with Gasteiger partial charge in [-0.2, -0.15) is 5.10 Å². The van der Waals surface area contributed by atoms with Crippen molar-refractivity contribution in [2.24, 2.45) is 0 Å². The molecule has 0 bridgehead atoms. The number of para-hydroxylation sites is 1. The zero-order valence-corrected chi connectivity index (χ0v) is 14.1. The summed E-state index contributed by atoms with van der Waals surface area (Å²) in [6.45, 7) is 0.890. The lowest BCUT2D eigenvalue weighted by Crippen LogP contribution is -2.51. The third-order valence-electron chi connectivity index (χ3n) is 4.32. The highest BCUT2D eigenvalue weighted by Gasteiger charge is 2.32. The fourth-order valence-electron chi connectivity index (χ4n) is 3.06. The molecule has 2 heterocycles. The van der Waals surface area contributed by atoms with Crippen LogP contribution in [-0.4, -0.2) is 51.4 Å². The molecular weight excluding hydrogens is 322 g/mol. The van der Waals surface area contributed by atoms with Crippen molar-refractivity contribution in [1.82, 2.24) is 25.0 Å². The second-order valence-electron chi connectivity index (χ2n) is 5.86. The van der Waals surface area contributed by atoms with Crippen molar-refractivity contribution in [3.63, 3.8) is 0 Å². The monoisotopic (exact) mass is 343 g/mol. The number of carbonyl (C=O) groups is 2. The third-order valence-corrected chi connectivity index (χ3v) is 4.32. The maximum atomic E-state index is 12.6. The summed E-state index contributed by atoms with van der Waals surface area (Å²) in [5.74, 6) is -0.168. The highest BCUT2D eigenvalue weighted by atomic mass is 16.5. The lowest BCUT2D eigenvalue weighted by Gasteiger charge is -2.33. The van der Waals surface area contributed by atoms with Crippen LogP contribution in [0.5, 0.6) is 0 Å². The molecule has 1 saturated heterocycles. The number of nitrogens with one attached hydrogen (secondary N) is 1. The summed E-state index contributed by atoms with van der Waals surface area (Å²) in [5, 5.41) is 7.06. The standard InChI is InChI=1S/C17H21N5O3/c1-25-17(24)21-9-5-4-8-15(21)16(23)19-10-13-6-2-3-7-14(13)22-12-18-11-20-22/h2-3,6-7,11-12,15H,4-5,8-10H2,1H3,(H,19,23). The molecule has 1 unspecified atom stereocenters. The van der Waals surface area contributed by atoms with Crippen LogP contribution in [0.2, 0.25) is 0 Å². The molecule has 2 aromatic rings. The topological polar surface area (TPSA) is 89.4 Å². The molecule has 8 heteroatoms. The molecule has 25 heavy (non-hydrogen) atoms. The number of hydrogen-bond donors (Lipinski definition) is 1. The Balaban J connectivity index is 1.69.